The molecule has 0 aliphatic carbocycles. The van der Waals surface area contributed by atoms with Gasteiger partial charge in [-0.1, -0.05) is 23.7 Å². The second-order valence-electron chi connectivity index (χ2n) is 4.40. The number of hydrogen-bond acceptors (Lipinski definition) is 6. The third kappa shape index (κ3) is 3.55. The molecule has 2 amide bonds. The molecule has 0 fully saturated rings. The average molecular weight is 365 g/mol. The summed E-state index contributed by atoms with van der Waals surface area (Å²) in [5.74, 6) is -1.03. The van der Waals surface area contributed by atoms with Gasteiger partial charge in [-0.05, 0) is 12.1 Å². The van der Waals surface area contributed by atoms with Crippen molar-refractivity contribution in [2.24, 2.45) is 5.73 Å². The molecule has 0 spiro atoms. The smallest absolute Gasteiger partial charge is 0.276 e. The van der Waals surface area contributed by atoms with E-state index in [0.717, 1.165) is 16.9 Å². The fourth-order valence-electron chi connectivity index (χ4n) is 1.71. The maximum absolute atomic E-state index is 12.2. The van der Waals surface area contributed by atoms with Gasteiger partial charge in [-0.25, -0.2) is 9.97 Å². The molecule has 3 N–H and O–H groups in total. The van der Waals surface area contributed by atoms with E-state index in [9.17, 15) is 9.59 Å². The fourth-order valence-corrected chi connectivity index (χ4v) is 3.34. The molecule has 0 aliphatic rings. The van der Waals surface area contributed by atoms with Gasteiger partial charge in [-0.15, -0.1) is 22.7 Å². The summed E-state index contributed by atoms with van der Waals surface area (Å²) in [6.07, 6.45) is 0. The Balaban J connectivity index is 1.75. The van der Waals surface area contributed by atoms with Gasteiger partial charge in [0.25, 0.3) is 11.8 Å². The molecule has 3 aromatic rings. The number of nitrogens with one attached hydrogen (secondary N) is 1. The maximum atomic E-state index is 12.2. The van der Waals surface area contributed by atoms with Gasteiger partial charge in [0.1, 0.15) is 16.4 Å². The van der Waals surface area contributed by atoms with Gasteiger partial charge in [-0.2, -0.15) is 0 Å². The molecule has 116 valence electrons. The van der Waals surface area contributed by atoms with E-state index in [0.29, 0.717) is 15.2 Å². The molecular weight excluding hydrogens is 356 g/mol. The quantitative estimate of drug-likeness (QED) is 0.742. The normalized spacial score (nSPS) is 10.5. The highest BCUT2D eigenvalue weighted by atomic mass is 35.5. The summed E-state index contributed by atoms with van der Waals surface area (Å²) in [7, 11) is 0. The third-order valence-electron chi connectivity index (χ3n) is 2.81. The lowest BCUT2D eigenvalue weighted by atomic mass is 10.2. The van der Waals surface area contributed by atoms with Crippen molar-refractivity contribution in [3.63, 3.8) is 0 Å². The lowest BCUT2D eigenvalue weighted by molar-refractivity contribution is 0.0991. The molecule has 6 nitrogen and oxygen atoms in total. The number of primary amides is 1. The van der Waals surface area contributed by atoms with Crippen molar-refractivity contribution in [1.82, 2.24) is 9.97 Å². The van der Waals surface area contributed by atoms with Gasteiger partial charge in [-0.3, -0.25) is 14.9 Å². The Morgan fingerprint density at radius 1 is 1.04 bits per heavy atom. The van der Waals surface area contributed by atoms with Crippen molar-refractivity contribution in [2.75, 3.05) is 5.32 Å². The van der Waals surface area contributed by atoms with E-state index in [-0.39, 0.29) is 11.4 Å². The largest absolute Gasteiger partial charge is 0.364 e. The molecule has 2 heterocycles. The molecule has 0 radical (unpaired) electrons. The second-order valence-corrected chi connectivity index (χ2v) is 6.55. The van der Waals surface area contributed by atoms with E-state index in [2.05, 4.69) is 15.3 Å². The average Bonchev–Trinajstić information content (AvgIpc) is 3.17. The van der Waals surface area contributed by atoms with Gasteiger partial charge < -0.3 is 5.73 Å². The van der Waals surface area contributed by atoms with Crippen molar-refractivity contribution in [3.8, 4) is 10.6 Å². The molecule has 0 saturated carbocycles. The highest BCUT2D eigenvalue weighted by Crippen LogP contribution is 2.25. The minimum atomic E-state index is -0.638. The van der Waals surface area contributed by atoms with Gasteiger partial charge in [0.05, 0.1) is 0 Å². The molecule has 1 aromatic carbocycles. The first-order valence-corrected chi connectivity index (χ1v) is 8.45. The number of thiazole rings is 2. The molecule has 0 saturated heterocycles. The Bertz CT molecular complexity index is 873. The zero-order chi connectivity index (χ0) is 16.4. The number of nitrogens with zero attached hydrogens (tertiary/aromatic N) is 2. The number of nitrogens with two attached hydrogens (primary N) is 1. The highest BCUT2D eigenvalue weighted by Gasteiger charge is 2.14. The Kier molecular flexibility index (Phi) is 4.37. The number of carbonyl (C=O) groups is 2. The summed E-state index contributed by atoms with van der Waals surface area (Å²) < 4.78 is 0. The van der Waals surface area contributed by atoms with Crippen molar-refractivity contribution in [2.45, 2.75) is 0 Å². The van der Waals surface area contributed by atoms with Crippen molar-refractivity contribution < 1.29 is 9.59 Å². The van der Waals surface area contributed by atoms with E-state index >= 15 is 0 Å². The van der Waals surface area contributed by atoms with Crippen LogP contribution in [-0.4, -0.2) is 21.8 Å². The van der Waals surface area contributed by atoms with E-state index in [4.69, 9.17) is 17.3 Å². The minimum Gasteiger partial charge on any atom is -0.364 e. The summed E-state index contributed by atoms with van der Waals surface area (Å²) in [5.41, 5.74) is 6.39. The zero-order valence-electron chi connectivity index (χ0n) is 11.4. The van der Waals surface area contributed by atoms with Crippen molar-refractivity contribution >= 4 is 51.2 Å². The van der Waals surface area contributed by atoms with E-state index in [1.54, 1.807) is 17.5 Å². The monoisotopic (exact) mass is 364 g/mol. The number of anilines is 1. The SMILES string of the molecule is NC(=O)c1csc(NC(=O)c2csc(-c3ccc(Cl)cc3)n2)n1. The Morgan fingerprint density at radius 2 is 1.74 bits per heavy atom. The predicted molar refractivity (Wildman–Crippen MR) is 91.1 cm³/mol. The van der Waals surface area contributed by atoms with Gasteiger partial charge in [0, 0.05) is 21.3 Å². The van der Waals surface area contributed by atoms with Crippen LogP contribution in [0.15, 0.2) is 35.0 Å². The van der Waals surface area contributed by atoms with Crippen molar-refractivity contribution in [1.29, 1.82) is 0 Å². The Labute approximate surface area is 144 Å². The van der Waals surface area contributed by atoms with Gasteiger partial charge >= 0.3 is 0 Å². The highest BCUT2D eigenvalue weighted by molar-refractivity contribution is 7.14. The van der Waals surface area contributed by atoms with E-state index < -0.39 is 11.8 Å². The second kappa shape index (κ2) is 6.45. The molecule has 0 unspecified atom stereocenters. The van der Waals surface area contributed by atoms with Crippen LogP contribution in [-0.2, 0) is 0 Å². The lowest BCUT2D eigenvalue weighted by Crippen LogP contribution is -2.14. The maximum Gasteiger partial charge on any atom is 0.276 e. The fraction of sp³-hybridized carbons (Fsp3) is 0. The molecule has 23 heavy (non-hydrogen) atoms. The summed E-state index contributed by atoms with van der Waals surface area (Å²) in [5, 5.41) is 7.37. The number of aromatic nitrogens is 2. The summed E-state index contributed by atoms with van der Waals surface area (Å²) in [4.78, 5) is 31.4. The first-order valence-electron chi connectivity index (χ1n) is 6.31. The number of amides is 2. The number of hydrogen-bond donors (Lipinski definition) is 2. The van der Waals surface area contributed by atoms with Crippen LogP contribution in [0.25, 0.3) is 10.6 Å². The third-order valence-corrected chi connectivity index (χ3v) is 4.71. The van der Waals surface area contributed by atoms with Crippen molar-refractivity contribution in [3.05, 3.63) is 51.4 Å². The molecule has 0 atom stereocenters. The van der Waals surface area contributed by atoms with E-state index in [1.807, 2.05) is 12.1 Å². The first-order chi connectivity index (χ1) is 11.0. The van der Waals surface area contributed by atoms with Crippen LogP contribution in [0.2, 0.25) is 5.02 Å². The van der Waals surface area contributed by atoms with Gasteiger partial charge in [0.15, 0.2) is 5.13 Å². The minimum absolute atomic E-state index is 0.116. The molecule has 9 heteroatoms. The topological polar surface area (TPSA) is 98.0 Å². The lowest BCUT2D eigenvalue weighted by Gasteiger charge is -1.98. The van der Waals surface area contributed by atoms with Crippen LogP contribution in [0.1, 0.15) is 21.0 Å². The number of halogens is 1. The number of rotatable bonds is 4. The van der Waals surface area contributed by atoms with Crippen LogP contribution < -0.4 is 11.1 Å². The number of carbonyl (C=O) groups excluding carboxylic acids is 2. The molecule has 2 aromatic heterocycles. The summed E-state index contributed by atoms with van der Waals surface area (Å²) in [6.45, 7) is 0. The summed E-state index contributed by atoms with van der Waals surface area (Å²) >= 11 is 8.32. The van der Waals surface area contributed by atoms with Crippen LogP contribution in [0, 0.1) is 0 Å². The molecule has 0 bridgehead atoms. The molecule has 3 rings (SSSR count). The Hall–Kier alpha value is -2.29. The van der Waals surface area contributed by atoms with Crippen LogP contribution in [0.4, 0.5) is 5.13 Å². The van der Waals surface area contributed by atoms with Crippen LogP contribution >= 0.6 is 34.3 Å². The summed E-state index contributed by atoms with van der Waals surface area (Å²) in [6, 6.07) is 7.20. The molecular formula is C14H9ClN4O2S2. The number of benzene rings is 1. The van der Waals surface area contributed by atoms with Gasteiger partial charge in [0.2, 0.25) is 0 Å². The Morgan fingerprint density at radius 3 is 2.39 bits per heavy atom. The predicted octanol–water partition coefficient (Wildman–Crippen LogP) is 3.27. The van der Waals surface area contributed by atoms with E-state index in [1.165, 1.54) is 16.7 Å². The first kappa shape index (κ1) is 15.6. The molecule has 0 aliphatic heterocycles. The van der Waals surface area contributed by atoms with Crippen LogP contribution in [0.5, 0.6) is 0 Å². The zero-order valence-corrected chi connectivity index (χ0v) is 13.8. The standard InChI is InChI=1S/C14H9ClN4O2S2/c15-8-3-1-7(2-4-8)13-17-10(6-22-13)12(21)19-14-18-9(5-23-14)11(16)20/h1-6H,(H2,16,20)(H,18,19,21). The van der Waals surface area contributed by atoms with Crippen LogP contribution in [0.3, 0.4) is 0 Å².